The second kappa shape index (κ2) is 3.22. The molecule has 2 fully saturated rings. The number of Topliss-reactive ketones (excluding diaryl/α,β-unsaturated/α-hetero) is 1. The van der Waals surface area contributed by atoms with E-state index in [0.717, 1.165) is 24.3 Å². The lowest BCUT2D eigenvalue weighted by atomic mass is 9.67. The number of rotatable bonds is 3. The smallest absolute Gasteiger partial charge is 0.164 e. The molecule has 0 heterocycles. The van der Waals surface area contributed by atoms with E-state index in [4.69, 9.17) is 0 Å². The lowest BCUT2D eigenvalue weighted by molar-refractivity contribution is -0.128. The number of ketones is 1. The Morgan fingerprint density at radius 3 is 2.57 bits per heavy atom. The van der Waals surface area contributed by atoms with Crippen LogP contribution in [0.2, 0.25) is 0 Å². The van der Waals surface area contributed by atoms with E-state index >= 15 is 0 Å². The molecule has 2 saturated carbocycles. The number of carbonyl (C=O) groups excluding carboxylic acids is 1. The van der Waals surface area contributed by atoms with Crippen LogP contribution in [0.3, 0.4) is 0 Å². The van der Waals surface area contributed by atoms with Crippen molar-refractivity contribution in [2.24, 2.45) is 17.3 Å². The van der Waals surface area contributed by atoms with Gasteiger partial charge < -0.3 is 0 Å². The van der Waals surface area contributed by atoms with E-state index in [1.54, 1.807) is 0 Å². The van der Waals surface area contributed by atoms with Crippen molar-refractivity contribution in [2.75, 3.05) is 0 Å². The molecule has 2 bridgehead atoms. The minimum atomic E-state index is -0.00521. The third-order valence-corrected chi connectivity index (χ3v) is 4.45. The molecule has 2 aliphatic carbocycles. The van der Waals surface area contributed by atoms with E-state index in [1.807, 2.05) is 6.92 Å². The van der Waals surface area contributed by atoms with Gasteiger partial charge in [-0.25, -0.2) is 0 Å². The van der Waals surface area contributed by atoms with Crippen molar-refractivity contribution in [1.29, 1.82) is 0 Å². The topological polar surface area (TPSA) is 17.1 Å². The van der Waals surface area contributed by atoms with Gasteiger partial charge in [0.25, 0.3) is 0 Å². The Balaban J connectivity index is 2.27. The Kier molecular flexibility index (Phi) is 2.29. The maximum absolute atomic E-state index is 12.2. The normalized spacial score (nSPS) is 40.1. The van der Waals surface area contributed by atoms with Gasteiger partial charge in [-0.2, -0.15) is 0 Å². The van der Waals surface area contributed by atoms with Gasteiger partial charge in [0.15, 0.2) is 5.78 Å². The van der Waals surface area contributed by atoms with Gasteiger partial charge in [-0.1, -0.05) is 19.9 Å². The van der Waals surface area contributed by atoms with Crippen molar-refractivity contribution in [2.45, 2.75) is 46.0 Å². The van der Waals surface area contributed by atoms with Crippen LogP contribution >= 0.6 is 0 Å². The molecule has 0 aromatic carbocycles. The molecule has 0 N–H and O–H groups in total. The van der Waals surface area contributed by atoms with Crippen LogP contribution in [0.1, 0.15) is 46.0 Å². The molecular formula is C13H20O. The summed E-state index contributed by atoms with van der Waals surface area (Å²) in [5.41, 5.74) is 0.758. The summed E-state index contributed by atoms with van der Waals surface area (Å²) in [7, 11) is 0. The van der Waals surface area contributed by atoms with Gasteiger partial charge >= 0.3 is 0 Å². The third-order valence-electron chi connectivity index (χ3n) is 4.45. The van der Waals surface area contributed by atoms with Crippen LogP contribution in [0, 0.1) is 17.3 Å². The fourth-order valence-electron chi connectivity index (χ4n) is 3.74. The summed E-state index contributed by atoms with van der Waals surface area (Å²) in [6, 6.07) is 0. The van der Waals surface area contributed by atoms with Crippen LogP contribution in [0.5, 0.6) is 0 Å². The molecule has 0 saturated heterocycles. The maximum Gasteiger partial charge on any atom is 0.164 e. The Morgan fingerprint density at radius 2 is 2.21 bits per heavy atom. The lowest BCUT2D eigenvalue weighted by Crippen LogP contribution is -2.36. The zero-order chi connectivity index (χ0) is 10.3. The van der Waals surface area contributed by atoms with Crippen molar-refractivity contribution in [3.8, 4) is 0 Å². The first kappa shape index (κ1) is 9.95. The largest absolute Gasteiger partial charge is 0.294 e. The van der Waals surface area contributed by atoms with E-state index in [2.05, 4.69) is 13.5 Å². The monoisotopic (exact) mass is 192 g/mol. The van der Waals surface area contributed by atoms with Crippen molar-refractivity contribution in [3.05, 3.63) is 12.2 Å². The quantitative estimate of drug-likeness (QED) is 0.627. The van der Waals surface area contributed by atoms with Gasteiger partial charge in [0.2, 0.25) is 0 Å². The second-order valence-electron chi connectivity index (χ2n) is 5.20. The van der Waals surface area contributed by atoms with Crippen LogP contribution in [-0.2, 0) is 4.79 Å². The number of carbonyl (C=O) groups is 1. The molecule has 0 amide bonds. The zero-order valence-electron chi connectivity index (χ0n) is 9.31. The van der Waals surface area contributed by atoms with E-state index in [-0.39, 0.29) is 5.41 Å². The van der Waals surface area contributed by atoms with Gasteiger partial charge in [0, 0.05) is 5.41 Å². The van der Waals surface area contributed by atoms with Gasteiger partial charge in [-0.3, -0.25) is 4.79 Å². The van der Waals surface area contributed by atoms with Crippen LogP contribution in [-0.4, -0.2) is 5.78 Å². The highest BCUT2D eigenvalue weighted by molar-refractivity contribution is 5.99. The molecule has 3 unspecified atom stereocenters. The number of hydrogen-bond acceptors (Lipinski definition) is 1. The standard InChI is InChI=1S/C13H20O/c1-4-13(12(14)9(2)3)8-10-5-6-11(13)7-10/h10-11H,2,4-8H2,1,3H3. The molecule has 1 heteroatoms. The molecule has 1 nitrogen and oxygen atoms in total. The lowest BCUT2D eigenvalue weighted by Gasteiger charge is -2.35. The fraction of sp³-hybridized carbons (Fsp3) is 0.769. The average Bonchev–Trinajstić information content (AvgIpc) is 2.75. The zero-order valence-corrected chi connectivity index (χ0v) is 9.31. The van der Waals surface area contributed by atoms with Crippen molar-refractivity contribution in [3.63, 3.8) is 0 Å². The summed E-state index contributed by atoms with van der Waals surface area (Å²) >= 11 is 0. The first-order chi connectivity index (χ1) is 6.60. The minimum absolute atomic E-state index is 0.00521. The van der Waals surface area contributed by atoms with E-state index in [9.17, 15) is 4.79 Å². The molecular weight excluding hydrogens is 172 g/mol. The number of allylic oxidation sites excluding steroid dienone is 1. The first-order valence-corrected chi connectivity index (χ1v) is 5.80. The molecule has 0 aliphatic heterocycles. The molecule has 14 heavy (non-hydrogen) atoms. The Bertz CT molecular complexity index is 279. The Labute approximate surface area is 86.6 Å². The van der Waals surface area contributed by atoms with Gasteiger partial charge in [-0.05, 0) is 50.0 Å². The van der Waals surface area contributed by atoms with Crippen LogP contribution in [0.25, 0.3) is 0 Å². The molecule has 0 spiro atoms. The second-order valence-corrected chi connectivity index (χ2v) is 5.20. The highest BCUT2D eigenvalue weighted by Crippen LogP contribution is 2.58. The molecule has 0 aromatic rings. The maximum atomic E-state index is 12.2. The highest BCUT2D eigenvalue weighted by atomic mass is 16.1. The molecule has 2 rings (SSSR count). The van der Waals surface area contributed by atoms with Gasteiger partial charge in [-0.15, -0.1) is 0 Å². The van der Waals surface area contributed by atoms with Crippen molar-refractivity contribution < 1.29 is 4.79 Å². The molecule has 3 atom stereocenters. The third kappa shape index (κ3) is 1.18. The van der Waals surface area contributed by atoms with Gasteiger partial charge in [0.05, 0.1) is 0 Å². The summed E-state index contributed by atoms with van der Waals surface area (Å²) in [5, 5.41) is 0. The number of fused-ring (bicyclic) bond motifs is 2. The average molecular weight is 192 g/mol. The van der Waals surface area contributed by atoms with E-state index in [0.29, 0.717) is 11.7 Å². The van der Waals surface area contributed by atoms with E-state index < -0.39 is 0 Å². The first-order valence-electron chi connectivity index (χ1n) is 5.80. The summed E-state index contributed by atoms with van der Waals surface area (Å²) < 4.78 is 0. The van der Waals surface area contributed by atoms with Crippen LogP contribution in [0.4, 0.5) is 0 Å². The predicted molar refractivity (Wildman–Crippen MR) is 58.0 cm³/mol. The summed E-state index contributed by atoms with van der Waals surface area (Å²) in [5.74, 6) is 1.86. The highest BCUT2D eigenvalue weighted by Gasteiger charge is 2.53. The van der Waals surface area contributed by atoms with Crippen molar-refractivity contribution in [1.82, 2.24) is 0 Å². The molecule has 0 aromatic heterocycles. The summed E-state index contributed by atoms with van der Waals surface area (Å²) in [6.45, 7) is 7.86. The summed E-state index contributed by atoms with van der Waals surface area (Å²) in [6.07, 6.45) is 6.08. The van der Waals surface area contributed by atoms with Crippen LogP contribution < -0.4 is 0 Å². The molecule has 2 aliphatic rings. The SMILES string of the molecule is C=C(C)C(=O)C1(CC)CC2CCC1C2. The predicted octanol–water partition coefficient (Wildman–Crippen LogP) is 3.35. The summed E-state index contributed by atoms with van der Waals surface area (Å²) in [4.78, 5) is 12.2. The minimum Gasteiger partial charge on any atom is -0.294 e. The Hall–Kier alpha value is -0.590. The molecule has 0 radical (unpaired) electrons. The van der Waals surface area contributed by atoms with E-state index in [1.165, 1.54) is 19.3 Å². The fourth-order valence-corrected chi connectivity index (χ4v) is 3.74. The van der Waals surface area contributed by atoms with Gasteiger partial charge in [0.1, 0.15) is 0 Å². The number of hydrogen-bond donors (Lipinski definition) is 0. The van der Waals surface area contributed by atoms with Crippen LogP contribution in [0.15, 0.2) is 12.2 Å². The Morgan fingerprint density at radius 1 is 1.50 bits per heavy atom. The van der Waals surface area contributed by atoms with Crippen molar-refractivity contribution >= 4 is 5.78 Å². The molecule has 78 valence electrons.